The van der Waals surface area contributed by atoms with Crippen molar-refractivity contribution in [3.8, 4) is 5.69 Å². The molecule has 0 saturated heterocycles. The van der Waals surface area contributed by atoms with E-state index < -0.39 is 0 Å². The van der Waals surface area contributed by atoms with E-state index in [2.05, 4.69) is 15.6 Å². The third-order valence-corrected chi connectivity index (χ3v) is 5.11. The number of fused-ring (bicyclic) bond motifs is 1. The fourth-order valence-electron chi connectivity index (χ4n) is 3.43. The fourth-order valence-corrected chi connectivity index (χ4v) is 3.43. The van der Waals surface area contributed by atoms with Crippen molar-refractivity contribution in [3.63, 3.8) is 0 Å². The van der Waals surface area contributed by atoms with Crippen molar-refractivity contribution in [2.24, 2.45) is 0 Å². The highest BCUT2D eigenvalue weighted by Crippen LogP contribution is 2.42. The standard InChI is InChI=1S/C21H18N4O3/c1-12-2-8-16(9-3-12)25-19(13-4-5-13)18(23-24-25)20(26)22-15-7-6-14-11-28-21(27)17(14)10-15/h2-3,6-10,13H,4-5,11H2,1H3,(H,22,26). The minimum Gasteiger partial charge on any atom is -0.457 e. The summed E-state index contributed by atoms with van der Waals surface area (Å²) in [6.07, 6.45) is 2.04. The first kappa shape index (κ1) is 16.7. The van der Waals surface area contributed by atoms with E-state index in [1.54, 1.807) is 22.9 Å². The van der Waals surface area contributed by atoms with Crippen molar-refractivity contribution in [3.05, 3.63) is 70.5 Å². The van der Waals surface area contributed by atoms with Crippen LogP contribution in [0.25, 0.3) is 5.69 Å². The highest BCUT2D eigenvalue weighted by atomic mass is 16.5. The highest BCUT2D eigenvalue weighted by molar-refractivity contribution is 6.04. The zero-order valence-corrected chi connectivity index (χ0v) is 15.3. The van der Waals surface area contributed by atoms with Gasteiger partial charge in [-0.15, -0.1) is 5.10 Å². The number of hydrogen-bond donors (Lipinski definition) is 1. The first-order chi connectivity index (χ1) is 13.6. The normalized spacial score (nSPS) is 15.2. The lowest BCUT2D eigenvalue weighted by atomic mass is 10.1. The lowest BCUT2D eigenvalue weighted by Gasteiger charge is -2.08. The molecule has 28 heavy (non-hydrogen) atoms. The molecule has 140 valence electrons. The van der Waals surface area contributed by atoms with Gasteiger partial charge in [-0.1, -0.05) is 29.0 Å². The predicted molar refractivity (Wildman–Crippen MR) is 102 cm³/mol. The Hall–Kier alpha value is -3.48. The van der Waals surface area contributed by atoms with Gasteiger partial charge in [0.05, 0.1) is 16.9 Å². The summed E-state index contributed by atoms with van der Waals surface area (Å²) in [6, 6.07) is 13.2. The molecule has 2 aromatic carbocycles. The number of aromatic nitrogens is 3. The van der Waals surface area contributed by atoms with Crippen LogP contribution in [0.3, 0.4) is 0 Å². The van der Waals surface area contributed by atoms with E-state index in [-0.39, 0.29) is 24.4 Å². The van der Waals surface area contributed by atoms with Crippen LogP contribution in [0.1, 0.15) is 56.4 Å². The van der Waals surface area contributed by atoms with Crippen LogP contribution in [0, 0.1) is 6.92 Å². The number of aryl methyl sites for hydroxylation is 1. The molecule has 1 aliphatic carbocycles. The maximum Gasteiger partial charge on any atom is 0.338 e. The summed E-state index contributed by atoms with van der Waals surface area (Å²) in [5.41, 5.74) is 5.06. The van der Waals surface area contributed by atoms with Crippen molar-refractivity contribution >= 4 is 17.6 Å². The van der Waals surface area contributed by atoms with Gasteiger partial charge in [0.1, 0.15) is 6.61 Å². The van der Waals surface area contributed by atoms with E-state index in [4.69, 9.17) is 4.74 Å². The van der Waals surface area contributed by atoms with E-state index in [1.165, 1.54) is 0 Å². The van der Waals surface area contributed by atoms with Crippen LogP contribution in [0.4, 0.5) is 5.69 Å². The van der Waals surface area contributed by atoms with Crippen LogP contribution in [0.5, 0.6) is 0 Å². The highest BCUT2D eigenvalue weighted by Gasteiger charge is 2.34. The topological polar surface area (TPSA) is 86.1 Å². The molecule has 1 fully saturated rings. The zero-order valence-electron chi connectivity index (χ0n) is 15.3. The molecule has 2 heterocycles. The molecule has 0 radical (unpaired) electrons. The summed E-state index contributed by atoms with van der Waals surface area (Å²) in [4.78, 5) is 24.7. The Kier molecular flexibility index (Phi) is 3.75. The van der Waals surface area contributed by atoms with Crippen molar-refractivity contribution in [1.82, 2.24) is 15.0 Å². The largest absolute Gasteiger partial charge is 0.457 e. The van der Waals surface area contributed by atoms with Gasteiger partial charge >= 0.3 is 5.97 Å². The third-order valence-electron chi connectivity index (χ3n) is 5.11. The van der Waals surface area contributed by atoms with E-state index >= 15 is 0 Å². The number of nitrogens with zero attached hydrogens (tertiary/aromatic N) is 3. The summed E-state index contributed by atoms with van der Waals surface area (Å²) >= 11 is 0. The minimum atomic E-state index is -0.366. The number of nitrogens with one attached hydrogen (secondary N) is 1. The van der Waals surface area contributed by atoms with Crippen LogP contribution >= 0.6 is 0 Å². The molecule has 3 aromatic rings. The summed E-state index contributed by atoms with van der Waals surface area (Å²) in [7, 11) is 0. The number of rotatable bonds is 4. The van der Waals surface area contributed by atoms with Crippen molar-refractivity contribution in [2.75, 3.05) is 5.32 Å². The number of anilines is 1. The number of carbonyl (C=O) groups excluding carboxylic acids is 2. The average molecular weight is 374 g/mol. The Morgan fingerprint density at radius 3 is 2.71 bits per heavy atom. The number of amides is 1. The van der Waals surface area contributed by atoms with E-state index in [9.17, 15) is 9.59 Å². The second kappa shape index (κ2) is 6.30. The van der Waals surface area contributed by atoms with E-state index in [1.807, 2.05) is 31.2 Å². The molecule has 5 rings (SSSR count). The lowest BCUT2D eigenvalue weighted by molar-refractivity contribution is 0.0535. The van der Waals surface area contributed by atoms with E-state index in [0.29, 0.717) is 16.9 Å². The van der Waals surface area contributed by atoms with Gasteiger partial charge in [0.25, 0.3) is 5.91 Å². The monoisotopic (exact) mass is 374 g/mol. The average Bonchev–Trinajstić information content (AvgIpc) is 3.34. The molecule has 0 unspecified atom stereocenters. The summed E-state index contributed by atoms with van der Waals surface area (Å²) < 4.78 is 6.77. The molecule has 1 amide bonds. The maximum atomic E-state index is 12.9. The molecular weight excluding hydrogens is 356 g/mol. The molecule has 1 N–H and O–H groups in total. The molecule has 1 aliphatic heterocycles. The number of cyclic esters (lactones) is 1. The summed E-state index contributed by atoms with van der Waals surface area (Å²) in [5, 5.41) is 11.3. The second-order valence-corrected chi connectivity index (χ2v) is 7.25. The number of ether oxygens (including phenoxy) is 1. The number of benzene rings is 2. The van der Waals surface area contributed by atoms with Crippen LogP contribution in [-0.2, 0) is 11.3 Å². The van der Waals surface area contributed by atoms with Crippen LogP contribution in [0.2, 0.25) is 0 Å². The van der Waals surface area contributed by atoms with E-state index in [0.717, 1.165) is 35.3 Å². The fraction of sp³-hybridized carbons (Fsp3) is 0.238. The van der Waals surface area contributed by atoms with Crippen LogP contribution < -0.4 is 5.32 Å². The number of carbonyl (C=O) groups is 2. The molecule has 7 nitrogen and oxygen atoms in total. The van der Waals surface area contributed by atoms with Crippen LogP contribution in [0.15, 0.2) is 42.5 Å². The molecule has 0 spiro atoms. The summed E-state index contributed by atoms with van der Waals surface area (Å²) in [5.74, 6) is -0.409. The Balaban J connectivity index is 1.46. The van der Waals surface area contributed by atoms with Crippen molar-refractivity contribution in [2.45, 2.75) is 32.3 Å². The zero-order chi connectivity index (χ0) is 19.3. The lowest BCUT2D eigenvalue weighted by Crippen LogP contribution is -2.15. The van der Waals surface area contributed by atoms with Gasteiger partial charge in [-0.05, 0) is 44.0 Å². The molecule has 2 aliphatic rings. The Morgan fingerprint density at radius 2 is 1.96 bits per heavy atom. The quantitative estimate of drug-likeness (QED) is 0.708. The third kappa shape index (κ3) is 2.85. The first-order valence-corrected chi connectivity index (χ1v) is 9.24. The minimum absolute atomic E-state index is 0.277. The van der Waals surface area contributed by atoms with Crippen LogP contribution in [-0.4, -0.2) is 26.9 Å². The van der Waals surface area contributed by atoms with Gasteiger partial charge in [-0.25, -0.2) is 9.48 Å². The van der Waals surface area contributed by atoms with Gasteiger partial charge in [-0.2, -0.15) is 0 Å². The molecule has 1 saturated carbocycles. The SMILES string of the molecule is Cc1ccc(-n2nnc(C(=O)Nc3ccc4c(c3)C(=O)OC4)c2C2CC2)cc1. The molecule has 7 heteroatoms. The van der Waals surface area contributed by atoms with Gasteiger partial charge in [0.15, 0.2) is 5.69 Å². The Morgan fingerprint density at radius 1 is 1.18 bits per heavy atom. The van der Waals surface area contributed by atoms with Gasteiger partial charge in [0.2, 0.25) is 0 Å². The Bertz CT molecular complexity index is 1100. The molecule has 0 bridgehead atoms. The van der Waals surface area contributed by atoms with Gasteiger partial charge in [0, 0.05) is 17.2 Å². The molecule has 1 aromatic heterocycles. The number of esters is 1. The second-order valence-electron chi connectivity index (χ2n) is 7.25. The molecular formula is C21H18N4O3. The number of hydrogen-bond acceptors (Lipinski definition) is 5. The summed E-state index contributed by atoms with van der Waals surface area (Å²) in [6.45, 7) is 2.30. The maximum absolute atomic E-state index is 12.9. The van der Waals surface area contributed by atoms with Gasteiger partial charge < -0.3 is 10.1 Å². The Labute approximate surface area is 161 Å². The smallest absolute Gasteiger partial charge is 0.338 e. The predicted octanol–water partition coefficient (Wildman–Crippen LogP) is 3.38. The van der Waals surface area contributed by atoms with Gasteiger partial charge in [-0.3, -0.25) is 4.79 Å². The first-order valence-electron chi connectivity index (χ1n) is 9.24. The van der Waals surface area contributed by atoms with Crippen molar-refractivity contribution in [1.29, 1.82) is 0 Å². The van der Waals surface area contributed by atoms with Crippen molar-refractivity contribution < 1.29 is 14.3 Å². The molecule has 0 atom stereocenters.